The Kier molecular flexibility index (Phi) is 4.47. The highest BCUT2D eigenvalue weighted by Gasteiger charge is 2.60. The highest BCUT2D eigenvalue weighted by molar-refractivity contribution is 5.19. The molecule has 2 heterocycles. The maximum atomic E-state index is 6.38. The van der Waals surface area contributed by atoms with Crippen LogP contribution in [0.4, 0.5) is 0 Å². The lowest BCUT2D eigenvalue weighted by Crippen LogP contribution is -2.40. The van der Waals surface area contributed by atoms with Gasteiger partial charge in [0.2, 0.25) is 0 Å². The Bertz CT molecular complexity index is 466. The second kappa shape index (κ2) is 5.88. The second-order valence-corrected chi connectivity index (χ2v) is 9.53. The van der Waals surface area contributed by atoms with Crippen LogP contribution >= 0.6 is 0 Å². The van der Waals surface area contributed by atoms with Crippen LogP contribution in [0.25, 0.3) is 5.32 Å². The van der Waals surface area contributed by atoms with Crippen LogP contribution < -0.4 is 0 Å². The molecule has 0 unspecified atom stereocenters. The number of likely N-dealkylation sites (N-methyl/N-ethyl adjacent to an activating group) is 1. The molecule has 0 N–H and O–H groups in total. The molecule has 0 aromatic rings. The standard InChI is InChI=1S/C21H36NO/c1-15(16-9-12-20(4,22-6)13-10-16)7-8-17-19(2,3)18-11-14-21(17,5)23-18/h9,12,15-18H,7-8,10-11,13-14H2,1-6H3/q-1/t15-,16+,17-,18-,20+,21+/m1/s1. The molecule has 132 valence electrons. The fourth-order valence-electron chi connectivity index (χ4n) is 5.60. The minimum Gasteiger partial charge on any atom is -0.656 e. The maximum absolute atomic E-state index is 6.38. The van der Waals surface area contributed by atoms with Crippen molar-refractivity contribution in [3.63, 3.8) is 0 Å². The van der Waals surface area contributed by atoms with Crippen molar-refractivity contribution in [2.75, 3.05) is 7.05 Å². The molecule has 2 bridgehead atoms. The van der Waals surface area contributed by atoms with Crippen LogP contribution in [-0.4, -0.2) is 24.3 Å². The highest BCUT2D eigenvalue weighted by atomic mass is 16.5. The van der Waals surface area contributed by atoms with E-state index in [-0.39, 0.29) is 11.1 Å². The van der Waals surface area contributed by atoms with Gasteiger partial charge >= 0.3 is 0 Å². The molecule has 23 heavy (non-hydrogen) atoms. The molecule has 3 rings (SSSR count). The Labute approximate surface area is 143 Å². The molecule has 0 amide bonds. The summed E-state index contributed by atoms with van der Waals surface area (Å²) in [5, 5.41) is 4.53. The van der Waals surface area contributed by atoms with E-state index < -0.39 is 0 Å². The minimum atomic E-state index is 0.0874. The Morgan fingerprint density at radius 1 is 1.17 bits per heavy atom. The second-order valence-electron chi connectivity index (χ2n) is 9.53. The molecule has 6 atom stereocenters. The molecule has 0 aromatic carbocycles. The number of nitrogens with zero attached hydrogens (tertiary/aromatic N) is 1. The third-order valence-electron chi connectivity index (χ3n) is 7.62. The molecule has 0 aromatic heterocycles. The molecule has 0 radical (unpaired) electrons. The molecular formula is C21H36NO-. The van der Waals surface area contributed by atoms with E-state index in [0.29, 0.717) is 11.5 Å². The van der Waals surface area contributed by atoms with Gasteiger partial charge in [-0.25, -0.2) is 0 Å². The Morgan fingerprint density at radius 3 is 2.43 bits per heavy atom. The third-order valence-corrected chi connectivity index (χ3v) is 7.62. The summed E-state index contributed by atoms with van der Waals surface area (Å²) >= 11 is 0. The van der Waals surface area contributed by atoms with E-state index in [0.717, 1.165) is 17.8 Å². The van der Waals surface area contributed by atoms with Crippen LogP contribution in [0.1, 0.15) is 73.1 Å². The SMILES string of the molecule is C[N-][C@@]1(C)C=C[C@H]([C@H](C)CC[C@@H]2C(C)(C)[C@H]3CC[C@]2(C)O3)CC1. The first-order valence-electron chi connectivity index (χ1n) is 9.68. The summed E-state index contributed by atoms with van der Waals surface area (Å²) in [6, 6.07) is 0. The normalized spacial score (nSPS) is 46.3. The molecular weight excluding hydrogens is 282 g/mol. The van der Waals surface area contributed by atoms with Gasteiger partial charge in [-0.3, -0.25) is 0 Å². The Balaban J connectivity index is 1.58. The van der Waals surface area contributed by atoms with Gasteiger partial charge in [-0.05, 0) is 62.2 Å². The van der Waals surface area contributed by atoms with Crippen LogP contribution in [0, 0.1) is 23.2 Å². The maximum Gasteiger partial charge on any atom is 0.0693 e. The summed E-state index contributed by atoms with van der Waals surface area (Å²) in [6.45, 7) is 11.9. The lowest BCUT2D eigenvalue weighted by molar-refractivity contribution is 0.00345. The lowest BCUT2D eigenvalue weighted by Gasteiger charge is -2.44. The van der Waals surface area contributed by atoms with E-state index in [4.69, 9.17) is 4.74 Å². The molecule has 2 nitrogen and oxygen atoms in total. The average molecular weight is 319 g/mol. The Hall–Kier alpha value is -0.340. The van der Waals surface area contributed by atoms with E-state index >= 15 is 0 Å². The fourth-order valence-corrected chi connectivity index (χ4v) is 5.60. The first-order valence-corrected chi connectivity index (χ1v) is 9.68. The fraction of sp³-hybridized carbons (Fsp3) is 0.905. The number of hydrogen-bond acceptors (Lipinski definition) is 1. The number of fused-ring (bicyclic) bond motifs is 2. The van der Waals surface area contributed by atoms with E-state index in [2.05, 4.69) is 52.1 Å². The number of ether oxygens (including phenoxy) is 1. The van der Waals surface area contributed by atoms with Crippen molar-refractivity contribution in [1.82, 2.24) is 0 Å². The van der Waals surface area contributed by atoms with Crippen LogP contribution in [0.15, 0.2) is 12.2 Å². The van der Waals surface area contributed by atoms with Gasteiger partial charge in [0.25, 0.3) is 0 Å². The molecule has 2 saturated heterocycles. The van der Waals surface area contributed by atoms with Crippen molar-refractivity contribution in [3.05, 3.63) is 17.5 Å². The Morgan fingerprint density at radius 2 is 1.91 bits per heavy atom. The minimum absolute atomic E-state index is 0.0874. The van der Waals surface area contributed by atoms with Gasteiger partial charge in [-0.15, -0.1) is 11.6 Å². The summed E-state index contributed by atoms with van der Waals surface area (Å²) in [6.07, 6.45) is 13.0. The van der Waals surface area contributed by atoms with Crippen LogP contribution in [-0.2, 0) is 4.74 Å². The smallest absolute Gasteiger partial charge is 0.0693 e. The first kappa shape index (κ1) is 17.5. The van der Waals surface area contributed by atoms with Crippen LogP contribution in [0.3, 0.4) is 0 Å². The highest BCUT2D eigenvalue weighted by Crippen LogP contribution is 2.59. The average Bonchev–Trinajstić information content (AvgIpc) is 2.98. The monoisotopic (exact) mass is 318 g/mol. The van der Waals surface area contributed by atoms with Crippen molar-refractivity contribution in [2.24, 2.45) is 23.2 Å². The molecule has 2 heteroatoms. The molecule has 2 fully saturated rings. The van der Waals surface area contributed by atoms with E-state index in [1.807, 2.05) is 7.05 Å². The van der Waals surface area contributed by atoms with E-state index in [1.165, 1.54) is 38.5 Å². The summed E-state index contributed by atoms with van der Waals surface area (Å²) in [4.78, 5) is 0. The molecule has 0 saturated carbocycles. The van der Waals surface area contributed by atoms with Crippen LogP contribution in [0.2, 0.25) is 0 Å². The van der Waals surface area contributed by atoms with Gasteiger partial charge in [0.15, 0.2) is 0 Å². The number of hydrogen-bond donors (Lipinski definition) is 0. The quantitative estimate of drug-likeness (QED) is 0.594. The zero-order chi connectivity index (χ0) is 16.9. The predicted molar refractivity (Wildman–Crippen MR) is 97.7 cm³/mol. The molecule has 3 aliphatic rings. The van der Waals surface area contributed by atoms with Crippen molar-refractivity contribution in [2.45, 2.75) is 90.4 Å². The van der Waals surface area contributed by atoms with Gasteiger partial charge < -0.3 is 10.1 Å². The van der Waals surface area contributed by atoms with Crippen molar-refractivity contribution < 1.29 is 4.74 Å². The van der Waals surface area contributed by atoms with E-state index in [1.54, 1.807) is 0 Å². The van der Waals surface area contributed by atoms with Crippen molar-refractivity contribution >= 4 is 0 Å². The van der Waals surface area contributed by atoms with Gasteiger partial charge in [0.1, 0.15) is 0 Å². The van der Waals surface area contributed by atoms with E-state index in [9.17, 15) is 0 Å². The molecule has 0 spiro atoms. The summed E-state index contributed by atoms with van der Waals surface area (Å²) in [5.41, 5.74) is 0.592. The number of allylic oxidation sites excluding steroid dienone is 1. The van der Waals surface area contributed by atoms with Crippen molar-refractivity contribution in [3.8, 4) is 0 Å². The molecule has 1 aliphatic carbocycles. The zero-order valence-corrected chi connectivity index (χ0v) is 16.1. The first-order chi connectivity index (χ1) is 10.7. The lowest BCUT2D eigenvalue weighted by atomic mass is 9.62. The van der Waals surface area contributed by atoms with Gasteiger partial charge in [0, 0.05) is 0 Å². The van der Waals surface area contributed by atoms with Crippen molar-refractivity contribution in [1.29, 1.82) is 0 Å². The summed E-state index contributed by atoms with van der Waals surface area (Å²) in [7, 11) is 1.95. The van der Waals surface area contributed by atoms with Gasteiger partial charge in [0.05, 0.1) is 11.7 Å². The summed E-state index contributed by atoms with van der Waals surface area (Å²) < 4.78 is 6.38. The predicted octanol–water partition coefficient (Wildman–Crippen LogP) is 5.72. The van der Waals surface area contributed by atoms with Gasteiger partial charge in [-0.2, -0.15) is 7.05 Å². The zero-order valence-electron chi connectivity index (χ0n) is 16.1. The summed E-state index contributed by atoms with van der Waals surface area (Å²) in [5.74, 6) is 2.23. The topological polar surface area (TPSA) is 23.3 Å². The molecule has 2 aliphatic heterocycles. The largest absolute Gasteiger partial charge is 0.656 e. The third kappa shape index (κ3) is 3.02. The van der Waals surface area contributed by atoms with Gasteiger partial charge in [-0.1, -0.05) is 40.2 Å². The van der Waals surface area contributed by atoms with Crippen LogP contribution in [0.5, 0.6) is 0 Å². The number of rotatable bonds is 5.